The SMILES string of the molecule is CCc1nc(Oc2cc(C)ccc2F)cc(=O)[nH]1. The van der Waals surface area contributed by atoms with Gasteiger partial charge < -0.3 is 9.72 Å². The average Bonchev–Trinajstić information content (AvgIpc) is 2.33. The van der Waals surface area contributed by atoms with Crippen molar-refractivity contribution in [1.82, 2.24) is 9.97 Å². The molecule has 4 nitrogen and oxygen atoms in total. The van der Waals surface area contributed by atoms with Crippen LogP contribution in [-0.4, -0.2) is 9.97 Å². The van der Waals surface area contributed by atoms with Gasteiger partial charge in [-0.15, -0.1) is 0 Å². The van der Waals surface area contributed by atoms with Crippen molar-refractivity contribution in [2.45, 2.75) is 20.3 Å². The van der Waals surface area contributed by atoms with Gasteiger partial charge in [-0.05, 0) is 24.6 Å². The van der Waals surface area contributed by atoms with Crippen molar-refractivity contribution < 1.29 is 9.13 Å². The van der Waals surface area contributed by atoms with Gasteiger partial charge in [0.05, 0.1) is 6.07 Å². The molecule has 0 saturated heterocycles. The summed E-state index contributed by atoms with van der Waals surface area (Å²) in [6.45, 7) is 3.68. The lowest BCUT2D eigenvalue weighted by Crippen LogP contribution is -2.10. The van der Waals surface area contributed by atoms with Crippen LogP contribution >= 0.6 is 0 Å². The number of nitrogens with one attached hydrogen (secondary N) is 1. The summed E-state index contributed by atoms with van der Waals surface area (Å²) < 4.78 is 18.8. The van der Waals surface area contributed by atoms with Gasteiger partial charge in [-0.1, -0.05) is 13.0 Å². The van der Waals surface area contributed by atoms with Crippen molar-refractivity contribution >= 4 is 0 Å². The standard InChI is InChI=1S/C13H13FN2O2/c1-3-11-15-12(17)7-13(16-11)18-10-6-8(2)4-5-9(10)14/h4-7H,3H2,1-2H3,(H,15,16,17). The van der Waals surface area contributed by atoms with Gasteiger partial charge in [-0.25, -0.2) is 4.39 Å². The van der Waals surface area contributed by atoms with E-state index in [9.17, 15) is 9.18 Å². The Kier molecular flexibility index (Phi) is 3.41. The summed E-state index contributed by atoms with van der Waals surface area (Å²) in [5.74, 6) is 0.182. The third-order valence-corrected chi connectivity index (χ3v) is 2.40. The Morgan fingerprint density at radius 2 is 2.17 bits per heavy atom. The van der Waals surface area contributed by atoms with Crippen LogP contribution in [0.2, 0.25) is 0 Å². The predicted octanol–water partition coefficient (Wildman–Crippen LogP) is 2.57. The normalized spacial score (nSPS) is 10.4. The monoisotopic (exact) mass is 248 g/mol. The molecule has 0 saturated carbocycles. The molecule has 0 aliphatic rings. The summed E-state index contributed by atoms with van der Waals surface area (Å²) in [6, 6.07) is 5.72. The summed E-state index contributed by atoms with van der Waals surface area (Å²) >= 11 is 0. The van der Waals surface area contributed by atoms with E-state index in [0.29, 0.717) is 12.2 Å². The maximum absolute atomic E-state index is 13.5. The van der Waals surface area contributed by atoms with E-state index in [2.05, 4.69) is 9.97 Å². The van der Waals surface area contributed by atoms with E-state index in [1.54, 1.807) is 12.1 Å². The predicted molar refractivity (Wildman–Crippen MR) is 65.4 cm³/mol. The molecule has 0 amide bonds. The van der Waals surface area contributed by atoms with Crippen LogP contribution in [0.15, 0.2) is 29.1 Å². The third kappa shape index (κ3) is 2.74. The maximum atomic E-state index is 13.5. The number of aromatic amines is 1. The Hall–Kier alpha value is -2.17. The Morgan fingerprint density at radius 3 is 2.89 bits per heavy atom. The van der Waals surface area contributed by atoms with Gasteiger partial charge in [0.25, 0.3) is 5.56 Å². The highest BCUT2D eigenvalue weighted by molar-refractivity contribution is 5.32. The lowest BCUT2D eigenvalue weighted by atomic mass is 10.2. The maximum Gasteiger partial charge on any atom is 0.254 e. The van der Waals surface area contributed by atoms with Crippen LogP contribution in [0.25, 0.3) is 0 Å². The molecular weight excluding hydrogens is 235 g/mol. The summed E-state index contributed by atoms with van der Waals surface area (Å²) in [6.07, 6.45) is 0.572. The minimum atomic E-state index is -0.485. The third-order valence-electron chi connectivity index (χ3n) is 2.40. The van der Waals surface area contributed by atoms with Gasteiger partial charge >= 0.3 is 0 Å². The first-order valence-electron chi connectivity index (χ1n) is 5.62. The highest BCUT2D eigenvalue weighted by atomic mass is 19.1. The van der Waals surface area contributed by atoms with Gasteiger partial charge in [0.1, 0.15) is 5.82 Å². The van der Waals surface area contributed by atoms with Crippen LogP contribution in [-0.2, 0) is 6.42 Å². The average molecular weight is 248 g/mol. The second kappa shape index (κ2) is 5.00. The van der Waals surface area contributed by atoms with Gasteiger partial charge in [0.2, 0.25) is 5.88 Å². The van der Waals surface area contributed by atoms with E-state index >= 15 is 0 Å². The van der Waals surface area contributed by atoms with E-state index < -0.39 is 5.82 Å². The smallest absolute Gasteiger partial charge is 0.254 e. The summed E-state index contributed by atoms with van der Waals surface area (Å²) in [5, 5.41) is 0. The van der Waals surface area contributed by atoms with E-state index in [4.69, 9.17) is 4.74 Å². The first-order chi connectivity index (χ1) is 8.58. The molecule has 0 radical (unpaired) electrons. The van der Waals surface area contributed by atoms with Crippen LogP contribution in [0.1, 0.15) is 18.3 Å². The summed E-state index contributed by atoms with van der Waals surface area (Å²) in [7, 11) is 0. The van der Waals surface area contributed by atoms with Gasteiger partial charge in [-0.3, -0.25) is 4.79 Å². The minimum Gasteiger partial charge on any atom is -0.436 e. The second-order valence-electron chi connectivity index (χ2n) is 3.92. The van der Waals surface area contributed by atoms with Crippen molar-refractivity contribution in [1.29, 1.82) is 0 Å². The first kappa shape index (κ1) is 12.3. The minimum absolute atomic E-state index is 0.0650. The number of aryl methyl sites for hydroxylation is 2. The molecule has 2 rings (SSSR count). The number of hydrogen-bond acceptors (Lipinski definition) is 3. The van der Waals surface area contributed by atoms with Crippen molar-refractivity contribution in [3.63, 3.8) is 0 Å². The summed E-state index contributed by atoms with van der Waals surface area (Å²) in [4.78, 5) is 18.0. The molecule has 5 heteroatoms. The number of halogens is 1. The molecule has 0 atom stereocenters. The number of hydrogen-bond donors (Lipinski definition) is 1. The molecule has 0 fully saturated rings. The van der Waals surface area contributed by atoms with Crippen LogP contribution < -0.4 is 10.3 Å². The molecule has 18 heavy (non-hydrogen) atoms. The number of ether oxygens (including phenoxy) is 1. The largest absolute Gasteiger partial charge is 0.436 e. The fourth-order valence-electron chi connectivity index (χ4n) is 1.50. The Labute approximate surface area is 103 Å². The zero-order chi connectivity index (χ0) is 13.1. The zero-order valence-corrected chi connectivity index (χ0v) is 10.2. The Morgan fingerprint density at radius 1 is 1.39 bits per heavy atom. The van der Waals surface area contributed by atoms with Crippen molar-refractivity contribution in [3.8, 4) is 11.6 Å². The van der Waals surface area contributed by atoms with Crippen molar-refractivity contribution in [2.24, 2.45) is 0 Å². The Balaban J connectivity index is 2.36. The number of aromatic nitrogens is 2. The lowest BCUT2D eigenvalue weighted by molar-refractivity contribution is 0.423. The van der Waals surface area contributed by atoms with E-state index in [0.717, 1.165) is 5.56 Å². The number of H-pyrrole nitrogens is 1. The van der Waals surface area contributed by atoms with Gasteiger partial charge in [0, 0.05) is 6.42 Å². The van der Waals surface area contributed by atoms with Gasteiger partial charge in [0.15, 0.2) is 11.6 Å². The molecule has 2 aromatic rings. The summed E-state index contributed by atoms with van der Waals surface area (Å²) in [5.41, 5.74) is 0.553. The highest BCUT2D eigenvalue weighted by Gasteiger charge is 2.07. The molecule has 1 aromatic carbocycles. The molecule has 1 N–H and O–H groups in total. The topological polar surface area (TPSA) is 55.0 Å². The van der Waals surface area contributed by atoms with E-state index in [-0.39, 0.29) is 17.2 Å². The molecule has 0 unspecified atom stereocenters. The van der Waals surface area contributed by atoms with E-state index in [1.807, 2.05) is 13.8 Å². The Bertz CT molecular complexity index is 623. The molecule has 0 spiro atoms. The molecule has 94 valence electrons. The second-order valence-corrected chi connectivity index (χ2v) is 3.92. The van der Waals surface area contributed by atoms with Crippen molar-refractivity contribution in [3.05, 3.63) is 51.8 Å². The lowest BCUT2D eigenvalue weighted by Gasteiger charge is -2.07. The zero-order valence-electron chi connectivity index (χ0n) is 10.2. The molecular formula is C13H13FN2O2. The number of nitrogens with zero attached hydrogens (tertiary/aromatic N) is 1. The number of rotatable bonds is 3. The molecule has 0 bridgehead atoms. The van der Waals surface area contributed by atoms with Crippen LogP contribution in [0.3, 0.4) is 0 Å². The van der Waals surface area contributed by atoms with Crippen molar-refractivity contribution in [2.75, 3.05) is 0 Å². The molecule has 0 aliphatic heterocycles. The molecule has 0 aliphatic carbocycles. The van der Waals surface area contributed by atoms with Crippen LogP contribution in [0, 0.1) is 12.7 Å². The quantitative estimate of drug-likeness (QED) is 0.908. The van der Waals surface area contributed by atoms with E-state index in [1.165, 1.54) is 12.1 Å². The fourth-order valence-corrected chi connectivity index (χ4v) is 1.50. The first-order valence-corrected chi connectivity index (χ1v) is 5.62. The molecule has 1 aromatic heterocycles. The molecule has 1 heterocycles. The van der Waals surface area contributed by atoms with Crippen LogP contribution in [0.4, 0.5) is 4.39 Å². The van der Waals surface area contributed by atoms with Crippen LogP contribution in [0.5, 0.6) is 11.6 Å². The van der Waals surface area contributed by atoms with Gasteiger partial charge in [-0.2, -0.15) is 4.98 Å². The number of benzene rings is 1. The fraction of sp³-hybridized carbons (Fsp3) is 0.231. The highest BCUT2D eigenvalue weighted by Crippen LogP contribution is 2.23.